The summed E-state index contributed by atoms with van der Waals surface area (Å²) in [7, 11) is 0. The molecule has 0 aliphatic heterocycles. The molecule has 0 saturated heterocycles. The summed E-state index contributed by atoms with van der Waals surface area (Å²) in [6.07, 6.45) is 2.17. The Hall–Kier alpha value is -0.180. The van der Waals surface area contributed by atoms with Gasteiger partial charge in [-0.3, -0.25) is 0 Å². The summed E-state index contributed by atoms with van der Waals surface area (Å²) < 4.78 is 0. The predicted molar refractivity (Wildman–Crippen MR) is 61.0 cm³/mol. The smallest absolute Gasteiger partial charge is 0.0762 e. The van der Waals surface area contributed by atoms with Crippen LogP contribution in [0, 0.1) is 0 Å². The van der Waals surface area contributed by atoms with Crippen molar-refractivity contribution in [3.05, 3.63) is 28.8 Å². The Labute approximate surface area is 93.5 Å². The molecule has 0 heterocycles. The Bertz CT molecular complexity index is 334. The molecule has 1 unspecified atom stereocenters. The van der Waals surface area contributed by atoms with Crippen LogP contribution in [0.15, 0.2) is 23.1 Å². The number of hydrogen-bond acceptors (Lipinski definition) is 2. The second kappa shape index (κ2) is 4.13. The monoisotopic (exact) mass is 228 g/mol. The standard InChI is InChI=1S/C11H13ClOS/c1-7(13)8-2-5-11(10(12)6-8)14-9-3-4-9/h2,5-7,9,13H,3-4H2,1H3. The molecule has 0 radical (unpaired) electrons. The van der Waals surface area contributed by atoms with Gasteiger partial charge in [-0.05, 0) is 37.5 Å². The van der Waals surface area contributed by atoms with Crippen LogP contribution in [-0.4, -0.2) is 10.4 Å². The summed E-state index contributed by atoms with van der Waals surface area (Å²) >= 11 is 7.96. The van der Waals surface area contributed by atoms with E-state index in [-0.39, 0.29) is 0 Å². The van der Waals surface area contributed by atoms with E-state index in [1.54, 1.807) is 6.92 Å². The van der Waals surface area contributed by atoms with E-state index in [1.165, 1.54) is 12.8 Å². The second-order valence-electron chi connectivity index (χ2n) is 3.68. The molecule has 0 amide bonds. The van der Waals surface area contributed by atoms with Gasteiger partial charge in [-0.2, -0.15) is 0 Å². The number of halogens is 1. The number of benzene rings is 1. The number of hydrogen-bond donors (Lipinski definition) is 1. The first kappa shape index (κ1) is 10.3. The molecule has 2 rings (SSSR count). The van der Waals surface area contributed by atoms with Crippen LogP contribution in [0.3, 0.4) is 0 Å². The van der Waals surface area contributed by atoms with Gasteiger partial charge in [-0.25, -0.2) is 0 Å². The van der Waals surface area contributed by atoms with E-state index in [4.69, 9.17) is 11.6 Å². The fraction of sp³-hybridized carbons (Fsp3) is 0.455. The minimum Gasteiger partial charge on any atom is -0.389 e. The maximum Gasteiger partial charge on any atom is 0.0762 e. The summed E-state index contributed by atoms with van der Waals surface area (Å²) in [6.45, 7) is 1.75. The zero-order valence-corrected chi connectivity index (χ0v) is 9.61. The summed E-state index contributed by atoms with van der Waals surface area (Å²) in [6, 6.07) is 5.81. The lowest BCUT2D eigenvalue weighted by Crippen LogP contribution is -1.91. The number of rotatable bonds is 3. The maximum atomic E-state index is 9.37. The number of aliphatic hydroxyl groups excluding tert-OH is 1. The zero-order valence-electron chi connectivity index (χ0n) is 8.03. The highest BCUT2D eigenvalue weighted by Crippen LogP contribution is 2.42. The van der Waals surface area contributed by atoms with Crippen molar-refractivity contribution < 1.29 is 5.11 Å². The molecule has 1 nitrogen and oxygen atoms in total. The molecule has 1 aliphatic rings. The van der Waals surface area contributed by atoms with Crippen LogP contribution in [0.5, 0.6) is 0 Å². The molecule has 1 saturated carbocycles. The molecule has 1 aromatic carbocycles. The van der Waals surface area contributed by atoms with E-state index in [9.17, 15) is 5.11 Å². The van der Waals surface area contributed by atoms with Crippen LogP contribution in [0.1, 0.15) is 31.4 Å². The van der Waals surface area contributed by atoms with Gasteiger partial charge in [-0.1, -0.05) is 17.7 Å². The molecule has 76 valence electrons. The van der Waals surface area contributed by atoms with Gasteiger partial charge in [-0.15, -0.1) is 11.8 Å². The lowest BCUT2D eigenvalue weighted by Gasteiger charge is -2.08. The molecule has 1 N–H and O–H groups in total. The molecular weight excluding hydrogens is 216 g/mol. The molecule has 14 heavy (non-hydrogen) atoms. The minimum atomic E-state index is -0.438. The van der Waals surface area contributed by atoms with Gasteiger partial charge in [0, 0.05) is 10.1 Å². The third kappa shape index (κ3) is 2.44. The lowest BCUT2D eigenvalue weighted by molar-refractivity contribution is 0.199. The van der Waals surface area contributed by atoms with Crippen molar-refractivity contribution in [2.45, 2.75) is 36.0 Å². The van der Waals surface area contributed by atoms with Crippen molar-refractivity contribution in [1.82, 2.24) is 0 Å². The molecule has 1 aromatic rings. The van der Waals surface area contributed by atoms with Crippen molar-refractivity contribution in [2.75, 3.05) is 0 Å². The molecular formula is C11H13ClOS. The third-order valence-electron chi connectivity index (χ3n) is 2.26. The Balaban J connectivity index is 2.17. The molecule has 0 aromatic heterocycles. The Morgan fingerprint density at radius 2 is 2.21 bits per heavy atom. The zero-order chi connectivity index (χ0) is 10.1. The highest BCUT2D eigenvalue weighted by atomic mass is 35.5. The molecule has 1 atom stereocenters. The second-order valence-corrected chi connectivity index (χ2v) is 5.43. The summed E-state index contributed by atoms with van der Waals surface area (Å²) in [4.78, 5) is 1.14. The fourth-order valence-corrected chi connectivity index (χ4v) is 2.61. The van der Waals surface area contributed by atoms with E-state index < -0.39 is 6.10 Å². The van der Waals surface area contributed by atoms with Crippen molar-refractivity contribution in [1.29, 1.82) is 0 Å². The first-order valence-electron chi connectivity index (χ1n) is 4.81. The van der Waals surface area contributed by atoms with Gasteiger partial charge in [0.15, 0.2) is 0 Å². The lowest BCUT2D eigenvalue weighted by atomic mass is 10.1. The first-order valence-corrected chi connectivity index (χ1v) is 6.07. The highest BCUT2D eigenvalue weighted by molar-refractivity contribution is 8.00. The third-order valence-corrected chi connectivity index (χ3v) is 4.10. The average Bonchev–Trinajstić information content (AvgIpc) is 2.92. The molecule has 0 spiro atoms. The van der Waals surface area contributed by atoms with Crippen LogP contribution in [0.25, 0.3) is 0 Å². The SMILES string of the molecule is CC(O)c1ccc(SC2CC2)c(Cl)c1. The molecule has 3 heteroatoms. The van der Waals surface area contributed by atoms with E-state index in [0.29, 0.717) is 0 Å². The van der Waals surface area contributed by atoms with Gasteiger partial charge < -0.3 is 5.11 Å². The van der Waals surface area contributed by atoms with E-state index in [1.807, 2.05) is 30.0 Å². The predicted octanol–water partition coefficient (Wildman–Crippen LogP) is 3.65. The van der Waals surface area contributed by atoms with Crippen molar-refractivity contribution in [2.24, 2.45) is 0 Å². The topological polar surface area (TPSA) is 20.2 Å². The molecule has 1 aliphatic carbocycles. The first-order chi connectivity index (χ1) is 6.66. The average molecular weight is 229 g/mol. The Kier molecular flexibility index (Phi) is 3.05. The minimum absolute atomic E-state index is 0.438. The van der Waals surface area contributed by atoms with Crippen LogP contribution in [0.4, 0.5) is 0 Å². The van der Waals surface area contributed by atoms with Crippen molar-refractivity contribution in [3.8, 4) is 0 Å². The Morgan fingerprint density at radius 3 is 2.71 bits per heavy atom. The Morgan fingerprint density at radius 1 is 1.50 bits per heavy atom. The van der Waals surface area contributed by atoms with Crippen LogP contribution in [-0.2, 0) is 0 Å². The fourth-order valence-electron chi connectivity index (χ4n) is 1.24. The van der Waals surface area contributed by atoms with Crippen molar-refractivity contribution >= 4 is 23.4 Å². The van der Waals surface area contributed by atoms with Gasteiger partial charge in [0.1, 0.15) is 0 Å². The molecule has 1 fully saturated rings. The van der Waals surface area contributed by atoms with Crippen LogP contribution < -0.4 is 0 Å². The van der Waals surface area contributed by atoms with E-state index in [0.717, 1.165) is 20.7 Å². The maximum absolute atomic E-state index is 9.37. The van der Waals surface area contributed by atoms with Crippen LogP contribution in [0.2, 0.25) is 5.02 Å². The normalized spacial score (nSPS) is 18.2. The van der Waals surface area contributed by atoms with Crippen LogP contribution >= 0.6 is 23.4 Å². The quantitative estimate of drug-likeness (QED) is 0.852. The van der Waals surface area contributed by atoms with Crippen molar-refractivity contribution in [3.63, 3.8) is 0 Å². The number of thioether (sulfide) groups is 1. The van der Waals surface area contributed by atoms with Gasteiger partial charge in [0.2, 0.25) is 0 Å². The highest BCUT2D eigenvalue weighted by Gasteiger charge is 2.23. The largest absolute Gasteiger partial charge is 0.389 e. The summed E-state index contributed by atoms with van der Waals surface area (Å²) in [5, 5.41) is 10.9. The van der Waals surface area contributed by atoms with Gasteiger partial charge >= 0.3 is 0 Å². The summed E-state index contributed by atoms with van der Waals surface area (Å²) in [5.41, 5.74) is 0.884. The summed E-state index contributed by atoms with van der Waals surface area (Å²) in [5.74, 6) is 0. The van der Waals surface area contributed by atoms with E-state index in [2.05, 4.69) is 0 Å². The van der Waals surface area contributed by atoms with E-state index >= 15 is 0 Å². The van der Waals surface area contributed by atoms with Gasteiger partial charge in [0.05, 0.1) is 11.1 Å². The van der Waals surface area contributed by atoms with Gasteiger partial charge in [0.25, 0.3) is 0 Å². The number of aliphatic hydroxyl groups is 1. The molecule has 0 bridgehead atoms.